The number of phenols is 2. The topological polar surface area (TPSA) is 136 Å². The van der Waals surface area contributed by atoms with Gasteiger partial charge >= 0.3 is 11.9 Å². The molecular formula is C22H24N2O8. The number of benzene rings is 2. The Labute approximate surface area is 184 Å². The van der Waals surface area contributed by atoms with Gasteiger partial charge in [0.15, 0.2) is 13.2 Å². The van der Waals surface area contributed by atoms with Crippen LogP contribution in [0, 0.1) is 0 Å². The van der Waals surface area contributed by atoms with Gasteiger partial charge in [0.2, 0.25) is 0 Å². The van der Waals surface area contributed by atoms with Crippen LogP contribution in [0.15, 0.2) is 46.4 Å². The summed E-state index contributed by atoms with van der Waals surface area (Å²) in [5.41, 5.74) is 0.971. The molecule has 2 N–H and O–H groups in total. The number of hydrogen-bond acceptors (Lipinski definition) is 10. The van der Waals surface area contributed by atoms with Crippen LogP contribution >= 0.6 is 0 Å². The Morgan fingerprint density at radius 2 is 1.19 bits per heavy atom. The first-order chi connectivity index (χ1) is 15.4. The fourth-order valence-corrected chi connectivity index (χ4v) is 2.29. The Hall–Kier alpha value is -4.08. The molecule has 0 radical (unpaired) electrons. The summed E-state index contributed by atoms with van der Waals surface area (Å²) >= 11 is 0. The minimum atomic E-state index is -0.521. The monoisotopic (exact) mass is 444 g/mol. The first kappa shape index (κ1) is 24.2. The van der Waals surface area contributed by atoms with Gasteiger partial charge in [0.1, 0.15) is 23.0 Å². The number of aliphatic imine (C=N–C) groups is 2. The number of ether oxygens (including phenoxy) is 4. The number of methoxy groups -OCH3 is 2. The fraction of sp³-hybridized carbons (Fsp3) is 0.273. The smallest absolute Gasteiger partial charge is 0.343 e. The Balaban J connectivity index is 1.81. The van der Waals surface area contributed by atoms with E-state index in [1.54, 1.807) is 24.3 Å². The number of nitrogens with zero attached hydrogens (tertiary/aromatic N) is 2. The molecule has 0 heterocycles. The van der Waals surface area contributed by atoms with E-state index in [0.29, 0.717) is 35.7 Å². The fourth-order valence-electron chi connectivity index (χ4n) is 2.29. The molecule has 170 valence electrons. The first-order valence-electron chi connectivity index (χ1n) is 9.48. The van der Waals surface area contributed by atoms with Gasteiger partial charge < -0.3 is 29.2 Å². The van der Waals surface area contributed by atoms with Crippen LogP contribution in [-0.2, 0) is 19.1 Å². The van der Waals surface area contributed by atoms with Crippen molar-refractivity contribution in [3.63, 3.8) is 0 Å². The van der Waals surface area contributed by atoms with E-state index in [2.05, 4.69) is 19.5 Å². The van der Waals surface area contributed by atoms with E-state index in [1.807, 2.05) is 0 Å². The van der Waals surface area contributed by atoms with E-state index in [1.165, 1.54) is 38.8 Å². The zero-order valence-electron chi connectivity index (χ0n) is 17.7. The number of hydrogen-bond donors (Lipinski definition) is 2. The van der Waals surface area contributed by atoms with E-state index in [9.17, 15) is 19.8 Å². The highest BCUT2D eigenvalue weighted by Crippen LogP contribution is 2.23. The summed E-state index contributed by atoms with van der Waals surface area (Å²) in [6.45, 7) is 0.218. The number of carbonyl (C=O) groups is 2. The number of aromatic hydroxyl groups is 2. The van der Waals surface area contributed by atoms with Gasteiger partial charge in [-0.25, -0.2) is 9.59 Å². The van der Waals surface area contributed by atoms with Crippen LogP contribution in [-0.4, -0.2) is 75.1 Å². The van der Waals surface area contributed by atoms with E-state index in [-0.39, 0.29) is 24.7 Å². The summed E-state index contributed by atoms with van der Waals surface area (Å²) in [4.78, 5) is 30.5. The summed E-state index contributed by atoms with van der Waals surface area (Å²) in [6.07, 6.45) is 3.00. The van der Waals surface area contributed by atoms with Gasteiger partial charge in [-0.1, -0.05) is 0 Å². The Morgan fingerprint density at radius 1 is 0.781 bits per heavy atom. The molecule has 10 nitrogen and oxygen atoms in total. The zero-order chi connectivity index (χ0) is 23.3. The van der Waals surface area contributed by atoms with Gasteiger partial charge in [-0.2, -0.15) is 0 Å². The molecule has 0 aliphatic rings. The molecule has 0 unspecified atom stereocenters. The second kappa shape index (κ2) is 12.6. The minimum absolute atomic E-state index is 0.0425. The van der Waals surface area contributed by atoms with E-state index in [4.69, 9.17) is 9.47 Å². The standard InChI is InChI=1S/C22H24N2O8/c1-29-21(27)13-31-17-5-3-15(19(25)9-17)11-23-7-8-24-12-16-4-6-18(10-20(16)26)32-14-22(28)30-2/h3-6,9-12,25-26H,7-8,13-14H2,1-2H3. The van der Waals surface area contributed by atoms with Crippen molar-refractivity contribution in [1.82, 2.24) is 0 Å². The Kier molecular flexibility index (Phi) is 9.51. The summed E-state index contributed by atoms with van der Waals surface area (Å²) in [5.74, 6) is -0.468. The molecule has 0 saturated heterocycles. The third-order valence-electron chi connectivity index (χ3n) is 3.99. The van der Waals surface area contributed by atoms with Crippen molar-refractivity contribution in [3.05, 3.63) is 47.5 Å². The molecule has 0 saturated carbocycles. The third kappa shape index (κ3) is 7.98. The summed E-state index contributed by atoms with van der Waals surface area (Å²) in [5, 5.41) is 20.0. The Morgan fingerprint density at radius 3 is 1.53 bits per heavy atom. The van der Waals surface area contributed by atoms with Crippen molar-refractivity contribution in [2.45, 2.75) is 0 Å². The van der Waals surface area contributed by atoms with E-state index >= 15 is 0 Å². The van der Waals surface area contributed by atoms with Crippen molar-refractivity contribution in [1.29, 1.82) is 0 Å². The highest BCUT2D eigenvalue weighted by molar-refractivity contribution is 5.84. The molecule has 0 fully saturated rings. The predicted molar refractivity (Wildman–Crippen MR) is 116 cm³/mol. The van der Waals surface area contributed by atoms with Crippen molar-refractivity contribution < 1.29 is 38.7 Å². The second-order valence-corrected chi connectivity index (χ2v) is 6.24. The van der Waals surface area contributed by atoms with Crippen LogP contribution in [0.2, 0.25) is 0 Å². The summed E-state index contributed by atoms with van der Waals surface area (Å²) < 4.78 is 19.3. The minimum Gasteiger partial charge on any atom is -0.507 e. The van der Waals surface area contributed by atoms with Crippen LogP contribution in [0.3, 0.4) is 0 Å². The van der Waals surface area contributed by atoms with Gasteiger partial charge in [0.05, 0.1) is 27.3 Å². The molecule has 0 aliphatic heterocycles. The molecule has 2 aromatic carbocycles. The molecule has 0 aromatic heterocycles. The van der Waals surface area contributed by atoms with Crippen LogP contribution in [0.25, 0.3) is 0 Å². The first-order valence-corrected chi connectivity index (χ1v) is 9.48. The van der Waals surface area contributed by atoms with Crippen LogP contribution in [0.5, 0.6) is 23.0 Å². The maximum atomic E-state index is 11.1. The molecular weight excluding hydrogens is 420 g/mol. The molecule has 32 heavy (non-hydrogen) atoms. The average Bonchev–Trinajstić information content (AvgIpc) is 2.80. The highest BCUT2D eigenvalue weighted by Gasteiger charge is 2.06. The second-order valence-electron chi connectivity index (χ2n) is 6.24. The maximum Gasteiger partial charge on any atom is 0.343 e. The number of rotatable bonds is 11. The maximum absolute atomic E-state index is 11.1. The van der Waals surface area contributed by atoms with Gasteiger partial charge in [0.25, 0.3) is 0 Å². The van der Waals surface area contributed by atoms with Gasteiger partial charge in [-0.3, -0.25) is 9.98 Å². The lowest BCUT2D eigenvalue weighted by atomic mass is 10.2. The van der Waals surface area contributed by atoms with Gasteiger partial charge in [-0.15, -0.1) is 0 Å². The van der Waals surface area contributed by atoms with Crippen LogP contribution < -0.4 is 9.47 Å². The van der Waals surface area contributed by atoms with E-state index in [0.717, 1.165) is 0 Å². The molecule has 0 atom stereocenters. The largest absolute Gasteiger partial charge is 0.507 e. The lowest BCUT2D eigenvalue weighted by molar-refractivity contribution is -0.143. The predicted octanol–water partition coefficient (Wildman–Crippen LogP) is 1.74. The lowest BCUT2D eigenvalue weighted by Crippen LogP contribution is -2.12. The molecule has 0 aliphatic carbocycles. The number of carbonyl (C=O) groups excluding carboxylic acids is 2. The van der Waals surface area contributed by atoms with Gasteiger partial charge in [-0.05, 0) is 24.3 Å². The highest BCUT2D eigenvalue weighted by atomic mass is 16.6. The normalized spacial score (nSPS) is 10.9. The van der Waals surface area contributed by atoms with E-state index < -0.39 is 11.9 Å². The van der Waals surface area contributed by atoms with Crippen molar-refractivity contribution in [2.24, 2.45) is 9.98 Å². The van der Waals surface area contributed by atoms with Crippen molar-refractivity contribution >= 4 is 24.4 Å². The average molecular weight is 444 g/mol. The van der Waals surface area contributed by atoms with Crippen molar-refractivity contribution in [3.8, 4) is 23.0 Å². The van der Waals surface area contributed by atoms with Crippen molar-refractivity contribution in [2.75, 3.05) is 40.5 Å². The van der Waals surface area contributed by atoms with Gasteiger partial charge in [0, 0.05) is 35.7 Å². The van der Waals surface area contributed by atoms with Crippen LogP contribution in [0.1, 0.15) is 11.1 Å². The molecule has 0 bridgehead atoms. The Bertz CT molecular complexity index is 908. The number of phenolic OH excluding ortho intramolecular Hbond substituents is 2. The lowest BCUT2D eigenvalue weighted by Gasteiger charge is -2.06. The zero-order valence-corrected chi connectivity index (χ0v) is 17.7. The van der Waals surface area contributed by atoms with Crippen LogP contribution in [0.4, 0.5) is 0 Å². The molecule has 0 spiro atoms. The molecule has 2 rings (SSSR count). The molecule has 2 aromatic rings. The summed E-state index contributed by atoms with van der Waals surface area (Å²) in [6, 6.07) is 9.17. The molecule has 10 heteroatoms. The summed E-state index contributed by atoms with van der Waals surface area (Å²) in [7, 11) is 2.52. The number of esters is 2. The molecule has 0 amide bonds. The third-order valence-corrected chi connectivity index (χ3v) is 3.99. The quantitative estimate of drug-likeness (QED) is 0.304. The SMILES string of the molecule is COC(=O)COc1ccc(C=NCCN=Cc2ccc(OCC(=O)OC)cc2O)c(O)c1.